The molecule has 0 atom stereocenters. The first-order chi connectivity index (χ1) is 16.4. The molecule has 0 spiro atoms. The summed E-state index contributed by atoms with van der Waals surface area (Å²) in [4.78, 5) is 38.4. The van der Waals surface area contributed by atoms with E-state index in [1.807, 2.05) is 0 Å². The molecule has 0 bridgehead atoms. The molecule has 0 aliphatic carbocycles. The summed E-state index contributed by atoms with van der Waals surface area (Å²) in [7, 11) is 4.45. The molecule has 2 aromatic rings. The van der Waals surface area contributed by atoms with E-state index in [-0.39, 0.29) is 36.1 Å². The first kappa shape index (κ1) is 24.8. The number of ether oxygens (including phenoxy) is 4. The molecule has 1 fully saturated rings. The van der Waals surface area contributed by atoms with Crippen molar-refractivity contribution in [1.29, 1.82) is 0 Å². The summed E-state index contributed by atoms with van der Waals surface area (Å²) in [6.07, 6.45) is 1.56. The van der Waals surface area contributed by atoms with Gasteiger partial charge in [-0.15, -0.1) is 0 Å². The molecule has 0 aromatic heterocycles. The average Bonchev–Trinajstić information content (AvgIpc) is 3.10. The number of phenols is 1. The fourth-order valence-corrected chi connectivity index (χ4v) is 3.97. The lowest BCUT2D eigenvalue weighted by atomic mass is 10.1. The Kier molecular flexibility index (Phi) is 8.25. The van der Waals surface area contributed by atoms with Crippen LogP contribution < -0.4 is 24.3 Å². The Bertz CT molecular complexity index is 1090. The summed E-state index contributed by atoms with van der Waals surface area (Å²) in [6.45, 7) is -0.265. The monoisotopic (exact) mass is 488 g/mol. The second-order valence-electron chi connectivity index (χ2n) is 6.90. The highest BCUT2D eigenvalue weighted by atomic mass is 32.2. The van der Waals surface area contributed by atoms with Crippen molar-refractivity contribution in [3.8, 4) is 28.7 Å². The number of carbonyl (C=O) groups is 3. The van der Waals surface area contributed by atoms with Crippen molar-refractivity contribution >= 4 is 34.9 Å². The summed E-state index contributed by atoms with van der Waals surface area (Å²) in [5.41, 5.74) is 0.592. The zero-order valence-electron chi connectivity index (χ0n) is 18.8. The summed E-state index contributed by atoms with van der Waals surface area (Å²) in [5.74, 6) is 0.429. The number of amides is 3. The van der Waals surface area contributed by atoms with Gasteiger partial charge in [0, 0.05) is 13.1 Å². The summed E-state index contributed by atoms with van der Waals surface area (Å²) >= 11 is 0.802. The lowest BCUT2D eigenvalue weighted by Crippen LogP contribution is -2.38. The number of nitrogens with zero attached hydrogens (tertiary/aromatic N) is 1. The predicted molar refractivity (Wildman–Crippen MR) is 125 cm³/mol. The van der Waals surface area contributed by atoms with E-state index in [2.05, 4.69) is 5.32 Å². The Morgan fingerprint density at radius 1 is 1.06 bits per heavy atom. The molecule has 0 radical (unpaired) electrons. The second kappa shape index (κ2) is 11.3. The number of nitrogens with one attached hydrogen (secondary N) is 1. The van der Waals surface area contributed by atoms with Crippen molar-refractivity contribution < 1.29 is 38.4 Å². The highest BCUT2D eigenvalue weighted by Crippen LogP contribution is 2.40. The highest BCUT2D eigenvalue weighted by molar-refractivity contribution is 8.18. The van der Waals surface area contributed by atoms with Gasteiger partial charge in [0.15, 0.2) is 29.6 Å². The highest BCUT2D eigenvalue weighted by Gasteiger charge is 2.34. The number of rotatable bonds is 10. The summed E-state index contributed by atoms with van der Waals surface area (Å²) in [6, 6.07) is 9.61. The molecule has 3 rings (SSSR count). The number of aromatic hydroxyl groups is 1. The van der Waals surface area contributed by atoms with E-state index in [0.29, 0.717) is 22.8 Å². The number of methoxy groups -OCH3 is 3. The molecule has 1 heterocycles. The van der Waals surface area contributed by atoms with Crippen LogP contribution in [-0.2, 0) is 9.59 Å². The minimum Gasteiger partial charge on any atom is -0.504 e. The number of hydrogen-bond acceptors (Lipinski definition) is 9. The van der Waals surface area contributed by atoms with Gasteiger partial charge in [-0.1, -0.05) is 12.1 Å². The normalized spacial score (nSPS) is 14.3. The molecule has 2 N–H and O–H groups in total. The molecular weight excluding hydrogens is 464 g/mol. The van der Waals surface area contributed by atoms with Gasteiger partial charge in [-0.3, -0.25) is 19.3 Å². The van der Waals surface area contributed by atoms with Crippen molar-refractivity contribution in [1.82, 2.24) is 10.2 Å². The van der Waals surface area contributed by atoms with Crippen LogP contribution in [0.4, 0.5) is 4.79 Å². The molecule has 0 saturated carbocycles. The molecule has 1 saturated heterocycles. The minimum atomic E-state index is -0.469. The van der Waals surface area contributed by atoms with Gasteiger partial charge >= 0.3 is 0 Å². The van der Waals surface area contributed by atoms with Gasteiger partial charge in [-0.05, 0) is 47.7 Å². The average molecular weight is 489 g/mol. The van der Waals surface area contributed by atoms with Crippen LogP contribution in [0.5, 0.6) is 28.7 Å². The lowest BCUT2D eigenvalue weighted by Gasteiger charge is -2.14. The second-order valence-corrected chi connectivity index (χ2v) is 7.89. The maximum absolute atomic E-state index is 12.7. The largest absolute Gasteiger partial charge is 0.504 e. The fourth-order valence-electron chi connectivity index (χ4n) is 3.11. The molecule has 0 unspecified atom stereocenters. The topological polar surface area (TPSA) is 124 Å². The van der Waals surface area contributed by atoms with Crippen molar-refractivity contribution in [3.63, 3.8) is 0 Å². The van der Waals surface area contributed by atoms with Gasteiger partial charge in [0.2, 0.25) is 5.75 Å². The van der Waals surface area contributed by atoms with Gasteiger partial charge in [0.05, 0.1) is 26.2 Å². The fraction of sp³-hybridized carbons (Fsp3) is 0.261. The van der Waals surface area contributed by atoms with Gasteiger partial charge in [-0.25, -0.2) is 0 Å². The Labute approximate surface area is 200 Å². The minimum absolute atomic E-state index is 0.000408. The van der Waals surface area contributed by atoms with Crippen molar-refractivity contribution in [3.05, 3.63) is 46.9 Å². The number of carbonyl (C=O) groups excluding carboxylic acids is 3. The van der Waals surface area contributed by atoms with Gasteiger partial charge in [-0.2, -0.15) is 0 Å². The van der Waals surface area contributed by atoms with E-state index in [1.165, 1.54) is 33.5 Å². The maximum atomic E-state index is 12.7. The van der Waals surface area contributed by atoms with E-state index >= 15 is 0 Å². The number of hydrogen-bond donors (Lipinski definition) is 2. The molecule has 34 heavy (non-hydrogen) atoms. The molecule has 1 aliphatic heterocycles. The third kappa shape index (κ3) is 5.73. The molecular formula is C23H24N2O8S. The van der Waals surface area contributed by atoms with Crippen LogP contribution in [0.15, 0.2) is 41.3 Å². The van der Waals surface area contributed by atoms with Crippen LogP contribution in [0.25, 0.3) is 6.08 Å². The molecule has 180 valence electrons. The van der Waals surface area contributed by atoms with Crippen LogP contribution >= 0.6 is 11.8 Å². The predicted octanol–water partition coefficient (Wildman–Crippen LogP) is 2.65. The standard InChI is InChI=1S/C23H24N2O8S/c1-30-17-10-14(11-18(31-2)21(17)32-3)12-19-22(28)25(23(29)34-19)9-8-24-20(27)13-33-16-7-5-4-6-15(16)26/h4-7,10-12,26H,8-9,13H2,1-3H3,(H,24,27)/b19-12-. The Hall–Kier alpha value is -3.86. The van der Waals surface area contributed by atoms with Crippen LogP contribution in [0.1, 0.15) is 5.56 Å². The SMILES string of the molecule is COc1cc(/C=C2\SC(=O)N(CCNC(=O)COc3ccccc3O)C2=O)cc(OC)c1OC. The smallest absolute Gasteiger partial charge is 0.293 e. The van der Waals surface area contributed by atoms with E-state index in [9.17, 15) is 19.5 Å². The molecule has 11 heteroatoms. The summed E-state index contributed by atoms with van der Waals surface area (Å²) < 4.78 is 21.2. The van der Waals surface area contributed by atoms with Crippen LogP contribution in [0.3, 0.4) is 0 Å². The van der Waals surface area contributed by atoms with Gasteiger partial charge in [0.25, 0.3) is 17.1 Å². The van der Waals surface area contributed by atoms with E-state index in [1.54, 1.807) is 30.3 Å². The van der Waals surface area contributed by atoms with Crippen molar-refractivity contribution in [2.45, 2.75) is 0 Å². The van der Waals surface area contributed by atoms with Crippen LogP contribution in [0.2, 0.25) is 0 Å². The van der Waals surface area contributed by atoms with Crippen LogP contribution in [0, 0.1) is 0 Å². The third-order valence-corrected chi connectivity index (χ3v) is 5.65. The quantitative estimate of drug-likeness (QED) is 0.486. The molecule has 2 aromatic carbocycles. The maximum Gasteiger partial charge on any atom is 0.293 e. The Balaban J connectivity index is 1.59. The molecule has 1 aliphatic rings. The first-order valence-electron chi connectivity index (χ1n) is 10.1. The van der Waals surface area contributed by atoms with E-state index < -0.39 is 17.1 Å². The Morgan fingerprint density at radius 3 is 2.35 bits per heavy atom. The van der Waals surface area contributed by atoms with Crippen molar-refractivity contribution in [2.75, 3.05) is 41.0 Å². The number of para-hydroxylation sites is 2. The van der Waals surface area contributed by atoms with Gasteiger partial charge in [0.1, 0.15) is 0 Å². The molecule has 10 nitrogen and oxygen atoms in total. The number of thioether (sulfide) groups is 1. The van der Waals surface area contributed by atoms with Gasteiger partial charge < -0.3 is 29.4 Å². The van der Waals surface area contributed by atoms with Crippen LogP contribution in [-0.4, -0.2) is 68.1 Å². The molecule has 3 amide bonds. The van der Waals surface area contributed by atoms with E-state index in [4.69, 9.17) is 18.9 Å². The third-order valence-electron chi connectivity index (χ3n) is 4.74. The summed E-state index contributed by atoms with van der Waals surface area (Å²) in [5, 5.41) is 11.8. The zero-order chi connectivity index (χ0) is 24.7. The Morgan fingerprint density at radius 2 is 1.74 bits per heavy atom. The number of imide groups is 1. The number of benzene rings is 2. The lowest BCUT2D eigenvalue weighted by molar-refractivity contribution is -0.125. The van der Waals surface area contributed by atoms with Crippen molar-refractivity contribution in [2.24, 2.45) is 0 Å². The number of phenolic OH excluding ortho intramolecular Hbond substituents is 1. The first-order valence-corrected chi connectivity index (χ1v) is 10.9. The van der Waals surface area contributed by atoms with E-state index in [0.717, 1.165) is 16.7 Å². The zero-order valence-corrected chi connectivity index (χ0v) is 19.6.